The fraction of sp³-hybridized carbons (Fsp3) is 0.529. The van der Waals surface area contributed by atoms with Gasteiger partial charge in [-0.15, -0.1) is 0 Å². The van der Waals surface area contributed by atoms with E-state index in [1.165, 1.54) is 0 Å². The Morgan fingerprint density at radius 1 is 1.20 bits per heavy atom. The van der Waals surface area contributed by atoms with Crippen molar-refractivity contribution in [3.05, 3.63) is 35.9 Å². The lowest BCUT2D eigenvalue weighted by molar-refractivity contribution is -0.274. The zero-order valence-corrected chi connectivity index (χ0v) is 14.4. The Morgan fingerprint density at radius 3 is 2.44 bits per heavy atom. The molecule has 0 bridgehead atoms. The van der Waals surface area contributed by atoms with Crippen LogP contribution in [-0.2, 0) is 25.6 Å². The molecule has 0 saturated carbocycles. The smallest absolute Gasteiger partial charge is 0.407 e. The number of carbonyl (C=O) groups is 2. The molecule has 138 valence electrons. The van der Waals surface area contributed by atoms with E-state index in [-0.39, 0.29) is 33.0 Å². The topological polar surface area (TPSA) is 106 Å². The first-order valence-electron chi connectivity index (χ1n) is 7.98. The van der Waals surface area contributed by atoms with E-state index in [0.717, 1.165) is 5.56 Å². The average Bonchev–Trinajstić information content (AvgIpc) is 2.61. The minimum absolute atomic E-state index is 0.112. The fourth-order valence-electron chi connectivity index (χ4n) is 2.18. The molecule has 0 atom stereocenters. The van der Waals surface area contributed by atoms with Crippen molar-refractivity contribution >= 4 is 12.0 Å². The number of hydrogen-bond acceptors (Lipinski definition) is 6. The summed E-state index contributed by atoms with van der Waals surface area (Å²) < 4.78 is 16.0. The lowest BCUT2D eigenvalue weighted by Crippen LogP contribution is -2.64. The van der Waals surface area contributed by atoms with Gasteiger partial charge in [0.15, 0.2) is 5.79 Å². The molecule has 0 spiro atoms. The lowest BCUT2D eigenvalue weighted by Gasteiger charge is -2.42. The second-order valence-corrected chi connectivity index (χ2v) is 6.38. The van der Waals surface area contributed by atoms with Crippen LogP contribution in [0.3, 0.4) is 0 Å². The number of amides is 2. The summed E-state index contributed by atoms with van der Waals surface area (Å²) in [4.78, 5) is 23.6. The highest BCUT2D eigenvalue weighted by molar-refractivity contribution is 5.82. The van der Waals surface area contributed by atoms with E-state index in [2.05, 4.69) is 10.6 Å². The molecule has 1 saturated heterocycles. The minimum Gasteiger partial charge on any atom is -0.445 e. The second-order valence-electron chi connectivity index (χ2n) is 6.38. The third-order valence-corrected chi connectivity index (χ3v) is 3.71. The van der Waals surface area contributed by atoms with Crippen molar-refractivity contribution in [2.45, 2.75) is 31.8 Å². The summed E-state index contributed by atoms with van der Waals surface area (Å²) in [5.74, 6) is -1.24. The largest absolute Gasteiger partial charge is 0.445 e. The molecule has 2 amide bonds. The average molecular weight is 352 g/mol. The molecular weight excluding hydrogens is 328 g/mol. The van der Waals surface area contributed by atoms with Gasteiger partial charge >= 0.3 is 6.09 Å². The van der Waals surface area contributed by atoms with Crippen LogP contribution in [0, 0.1) is 0 Å². The van der Waals surface area contributed by atoms with Gasteiger partial charge in [-0.2, -0.15) is 0 Å². The molecule has 1 aliphatic rings. The molecule has 1 aromatic carbocycles. The summed E-state index contributed by atoms with van der Waals surface area (Å²) >= 11 is 0. The van der Waals surface area contributed by atoms with Crippen molar-refractivity contribution in [3.8, 4) is 0 Å². The molecular formula is C17H24N2O6. The van der Waals surface area contributed by atoms with Crippen molar-refractivity contribution < 1.29 is 28.9 Å². The number of benzene rings is 1. The van der Waals surface area contributed by atoms with Crippen LogP contribution in [0.15, 0.2) is 30.3 Å². The molecule has 8 nitrogen and oxygen atoms in total. The number of nitrogens with one attached hydrogen (secondary N) is 2. The Labute approximate surface area is 146 Å². The summed E-state index contributed by atoms with van der Waals surface area (Å²) in [5, 5.41) is 14.6. The van der Waals surface area contributed by atoms with Crippen LogP contribution < -0.4 is 10.6 Å². The number of aliphatic hydroxyl groups excluding tert-OH is 1. The van der Waals surface area contributed by atoms with Crippen LogP contribution in [0.5, 0.6) is 0 Å². The van der Waals surface area contributed by atoms with Gasteiger partial charge < -0.3 is 30.0 Å². The molecule has 25 heavy (non-hydrogen) atoms. The maximum absolute atomic E-state index is 12.0. The predicted molar refractivity (Wildman–Crippen MR) is 88.6 cm³/mol. The maximum Gasteiger partial charge on any atom is 0.407 e. The van der Waals surface area contributed by atoms with E-state index in [1.54, 1.807) is 13.8 Å². The second kappa shape index (κ2) is 8.28. The van der Waals surface area contributed by atoms with E-state index in [4.69, 9.17) is 14.2 Å². The first-order valence-corrected chi connectivity index (χ1v) is 7.98. The highest BCUT2D eigenvalue weighted by Gasteiger charge is 2.40. The van der Waals surface area contributed by atoms with E-state index in [0.29, 0.717) is 0 Å². The standard InChI is InChI=1S/C17H24N2O6/c1-16(2)24-11-17(10-20,12-25-16)19-14(21)8-18-15(22)23-9-13-6-4-3-5-7-13/h3-7,20H,8-12H2,1-2H3,(H,18,22)(H,19,21). The van der Waals surface area contributed by atoms with Gasteiger partial charge in [-0.3, -0.25) is 4.79 Å². The molecule has 0 aliphatic carbocycles. The molecule has 2 rings (SSSR count). The van der Waals surface area contributed by atoms with Gasteiger partial charge in [-0.25, -0.2) is 4.79 Å². The van der Waals surface area contributed by atoms with Crippen LogP contribution in [0.2, 0.25) is 0 Å². The van der Waals surface area contributed by atoms with E-state index < -0.39 is 23.3 Å². The number of aliphatic hydroxyl groups is 1. The summed E-state index contributed by atoms with van der Waals surface area (Å²) in [6, 6.07) is 9.21. The SMILES string of the molecule is CC1(C)OCC(CO)(NC(=O)CNC(=O)OCc2ccccc2)CO1. The number of alkyl carbamates (subject to hydrolysis) is 1. The van der Waals surface area contributed by atoms with Gasteiger partial charge in [0.05, 0.1) is 19.8 Å². The molecule has 0 radical (unpaired) electrons. The van der Waals surface area contributed by atoms with Crippen molar-refractivity contribution in [2.75, 3.05) is 26.4 Å². The monoisotopic (exact) mass is 352 g/mol. The zero-order chi connectivity index (χ0) is 18.3. The quantitative estimate of drug-likeness (QED) is 0.690. The summed E-state index contributed by atoms with van der Waals surface area (Å²) in [6.07, 6.45) is -0.700. The van der Waals surface area contributed by atoms with Crippen LogP contribution in [0.1, 0.15) is 19.4 Å². The Morgan fingerprint density at radius 2 is 1.84 bits per heavy atom. The predicted octanol–water partition coefficient (Wildman–Crippen LogP) is 0.543. The third-order valence-electron chi connectivity index (χ3n) is 3.71. The van der Waals surface area contributed by atoms with Crippen molar-refractivity contribution in [2.24, 2.45) is 0 Å². The number of carbonyl (C=O) groups excluding carboxylic acids is 2. The van der Waals surface area contributed by atoms with Gasteiger partial charge in [0.1, 0.15) is 18.7 Å². The first-order chi connectivity index (χ1) is 11.8. The Hall–Kier alpha value is -2.16. The highest BCUT2D eigenvalue weighted by Crippen LogP contribution is 2.23. The van der Waals surface area contributed by atoms with Crippen molar-refractivity contribution in [1.82, 2.24) is 10.6 Å². The van der Waals surface area contributed by atoms with Crippen LogP contribution in [0.25, 0.3) is 0 Å². The summed E-state index contributed by atoms with van der Waals surface area (Å²) in [7, 11) is 0. The fourth-order valence-corrected chi connectivity index (χ4v) is 2.18. The molecule has 1 aromatic rings. The molecule has 1 heterocycles. The Balaban J connectivity index is 1.73. The van der Waals surface area contributed by atoms with Crippen LogP contribution in [0.4, 0.5) is 4.79 Å². The summed E-state index contributed by atoms with van der Waals surface area (Å²) in [5.41, 5.74) is -0.178. The molecule has 0 unspecified atom stereocenters. The molecule has 3 N–H and O–H groups in total. The van der Waals surface area contributed by atoms with Gasteiger partial charge in [0, 0.05) is 0 Å². The lowest BCUT2D eigenvalue weighted by atomic mass is 10.0. The molecule has 0 aromatic heterocycles. The number of rotatable bonds is 6. The van der Waals surface area contributed by atoms with E-state index in [9.17, 15) is 14.7 Å². The minimum atomic E-state index is -1.03. The zero-order valence-electron chi connectivity index (χ0n) is 14.4. The van der Waals surface area contributed by atoms with Gasteiger partial charge in [-0.05, 0) is 19.4 Å². The normalized spacial score (nSPS) is 18.2. The molecule has 1 aliphatic heterocycles. The Kier molecular flexibility index (Phi) is 6.35. The third kappa shape index (κ3) is 6.00. The molecule has 1 fully saturated rings. The summed E-state index contributed by atoms with van der Waals surface area (Å²) in [6.45, 7) is 3.22. The first kappa shape index (κ1) is 19.2. The number of hydrogen-bond donors (Lipinski definition) is 3. The maximum atomic E-state index is 12.0. The van der Waals surface area contributed by atoms with Crippen molar-refractivity contribution in [1.29, 1.82) is 0 Å². The number of ether oxygens (including phenoxy) is 3. The van der Waals surface area contributed by atoms with Gasteiger partial charge in [0.2, 0.25) is 5.91 Å². The molecule has 8 heteroatoms. The Bertz CT molecular complexity index is 580. The van der Waals surface area contributed by atoms with Gasteiger partial charge in [0.25, 0.3) is 0 Å². The van der Waals surface area contributed by atoms with Crippen molar-refractivity contribution in [3.63, 3.8) is 0 Å². The highest BCUT2D eigenvalue weighted by atomic mass is 16.7. The van der Waals surface area contributed by atoms with E-state index >= 15 is 0 Å². The van der Waals surface area contributed by atoms with Crippen LogP contribution >= 0.6 is 0 Å². The van der Waals surface area contributed by atoms with Gasteiger partial charge in [-0.1, -0.05) is 30.3 Å². The van der Waals surface area contributed by atoms with E-state index in [1.807, 2.05) is 30.3 Å². The van der Waals surface area contributed by atoms with Crippen LogP contribution in [-0.4, -0.2) is 54.8 Å².